The predicted octanol–water partition coefficient (Wildman–Crippen LogP) is 1.75. The molecule has 0 unspecified atom stereocenters. The van der Waals surface area contributed by atoms with Crippen LogP contribution in [0.2, 0.25) is 0 Å². The van der Waals surface area contributed by atoms with Crippen molar-refractivity contribution in [2.24, 2.45) is 0 Å². The SMILES string of the molecule is COC1CCC(O)(c2occc2C(=O)O)CC1. The Balaban J connectivity index is 2.21. The summed E-state index contributed by atoms with van der Waals surface area (Å²) in [4.78, 5) is 11.0. The van der Waals surface area contributed by atoms with Crippen molar-refractivity contribution in [3.05, 3.63) is 23.7 Å². The van der Waals surface area contributed by atoms with Gasteiger partial charge in [-0.3, -0.25) is 0 Å². The normalized spacial score (nSPS) is 29.2. The fourth-order valence-corrected chi connectivity index (χ4v) is 2.37. The molecule has 5 heteroatoms. The van der Waals surface area contributed by atoms with Gasteiger partial charge in [0.15, 0.2) is 0 Å². The zero-order chi connectivity index (χ0) is 12.5. The van der Waals surface area contributed by atoms with Gasteiger partial charge < -0.3 is 19.4 Å². The maximum atomic E-state index is 11.0. The van der Waals surface area contributed by atoms with Crippen LogP contribution in [0, 0.1) is 0 Å². The summed E-state index contributed by atoms with van der Waals surface area (Å²) >= 11 is 0. The van der Waals surface area contributed by atoms with E-state index in [2.05, 4.69) is 0 Å². The second-order valence-corrected chi connectivity index (χ2v) is 4.44. The molecule has 0 spiro atoms. The van der Waals surface area contributed by atoms with Crippen LogP contribution in [-0.4, -0.2) is 29.4 Å². The average Bonchev–Trinajstić information content (AvgIpc) is 2.80. The van der Waals surface area contributed by atoms with Gasteiger partial charge in [0, 0.05) is 7.11 Å². The van der Waals surface area contributed by atoms with E-state index >= 15 is 0 Å². The Morgan fingerprint density at radius 1 is 1.53 bits per heavy atom. The van der Waals surface area contributed by atoms with Gasteiger partial charge in [0.2, 0.25) is 0 Å². The molecular formula is C12H16O5. The molecule has 0 amide bonds. The summed E-state index contributed by atoms with van der Waals surface area (Å²) in [6.07, 6.45) is 3.76. The molecule has 1 aliphatic rings. The zero-order valence-electron chi connectivity index (χ0n) is 9.68. The van der Waals surface area contributed by atoms with Gasteiger partial charge in [0.05, 0.1) is 12.4 Å². The Labute approximate surface area is 99.0 Å². The van der Waals surface area contributed by atoms with Gasteiger partial charge in [0.25, 0.3) is 0 Å². The third-order valence-electron chi connectivity index (χ3n) is 3.41. The summed E-state index contributed by atoms with van der Waals surface area (Å²) in [6, 6.07) is 1.37. The Bertz CT molecular complexity index is 401. The highest BCUT2D eigenvalue weighted by molar-refractivity contribution is 5.89. The molecule has 1 fully saturated rings. The Morgan fingerprint density at radius 3 is 2.71 bits per heavy atom. The van der Waals surface area contributed by atoms with E-state index in [4.69, 9.17) is 14.3 Å². The smallest absolute Gasteiger partial charge is 0.339 e. The molecular weight excluding hydrogens is 224 g/mol. The minimum Gasteiger partial charge on any atom is -0.478 e. The van der Waals surface area contributed by atoms with E-state index in [0.29, 0.717) is 25.7 Å². The van der Waals surface area contributed by atoms with Crippen LogP contribution in [0.15, 0.2) is 16.7 Å². The molecule has 1 heterocycles. The third-order valence-corrected chi connectivity index (χ3v) is 3.41. The van der Waals surface area contributed by atoms with Crippen LogP contribution in [0.5, 0.6) is 0 Å². The second kappa shape index (κ2) is 4.50. The number of carboxylic acids is 1. The number of hydrogen-bond acceptors (Lipinski definition) is 4. The Morgan fingerprint density at radius 2 is 2.18 bits per heavy atom. The van der Waals surface area contributed by atoms with Crippen molar-refractivity contribution in [3.8, 4) is 0 Å². The number of methoxy groups -OCH3 is 1. The fraction of sp³-hybridized carbons (Fsp3) is 0.583. The van der Waals surface area contributed by atoms with Gasteiger partial charge in [-0.15, -0.1) is 0 Å². The first-order valence-corrected chi connectivity index (χ1v) is 5.63. The van der Waals surface area contributed by atoms with Gasteiger partial charge in [-0.2, -0.15) is 0 Å². The molecule has 2 rings (SSSR count). The highest BCUT2D eigenvalue weighted by Gasteiger charge is 2.40. The molecule has 0 atom stereocenters. The van der Waals surface area contributed by atoms with Crippen LogP contribution < -0.4 is 0 Å². The summed E-state index contributed by atoms with van der Waals surface area (Å²) in [5.74, 6) is -0.907. The molecule has 0 saturated heterocycles. The molecule has 5 nitrogen and oxygen atoms in total. The quantitative estimate of drug-likeness (QED) is 0.841. The summed E-state index contributed by atoms with van der Waals surface area (Å²) in [5.41, 5.74) is -1.13. The van der Waals surface area contributed by atoms with Crippen LogP contribution in [0.1, 0.15) is 41.8 Å². The summed E-state index contributed by atoms with van der Waals surface area (Å²) < 4.78 is 10.4. The molecule has 2 N–H and O–H groups in total. The van der Waals surface area contributed by atoms with Gasteiger partial charge in [-0.25, -0.2) is 4.79 Å². The lowest BCUT2D eigenvalue weighted by atomic mass is 9.80. The number of aliphatic hydroxyl groups is 1. The summed E-state index contributed by atoms with van der Waals surface area (Å²) in [5, 5.41) is 19.5. The fourth-order valence-electron chi connectivity index (χ4n) is 2.37. The van der Waals surface area contributed by atoms with Crippen molar-refractivity contribution < 1.29 is 24.2 Å². The first-order valence-electron chi connectivity index (χ1n) is 5.63. The molecule has 1 aromatic rings. The molecule has 1 aliphatic carbocycles. The molecule has 1 saturated carbocycles. The minimum absolute atomic E-state index is 0.0448. The monoisotopic (exact) mass is 240 g/mol. The lowest BCUT2D eigenvalue weighted by molar-refractivity contribution is -0.0606. The standard InChI is InChI=1S/C12H16O5/c1-16-8-2-5-12(15,6-3-8)10-9(11(13)14)4-7-17-10/h4,7-8,15H,2-3,5-6H2,1H3,(H,13,14). The number of furan rings is 1. The van der Waals surface area contributed by atoms with E-state index < -0.39 is 11.6 Å². The largest absolute Gasteiger partial charge is 0.478 e. The highest BCUT2D eigenvalue weighted by Crippen LogP contribution is 2.39. The molecule has 0 aliphatic heterocycles. The number of ether oxygens (including phenoxy) is 1. The van der Waals surface area contributed by atoms with Crippen molar-refractivity contribution in [3.63, 3.8) is 0 Å². The van der Waals surface area contributed by atoms with Crippen molar-refractivity contribution in [1.29, 1.82) is 0 Å². The van der Waals surface area contributed by atoms with Crippen molar-refractivity contribution in [1.82, 2.24) is 0 Å². The van der Waals surface area contributed by atoms with Gasteiger partial charge in [0.1, 0.15) is 16.9 Å². The number of carboxylic acid groups (broad SMARTS) is 1. The number of aromatic carboxylic acids is 1. The molecule has 0 bridgehead atoms. The van der Waals surface area contributed by atoms with E-state index in [0.717, 1.165) is 0 Å². The molecule has 1 aromatic heterocycles. The van der Waals surface area contributed by atoms with Crippen LogP contribution in [0.25, 0.3) is 0 Å². The molecule has 0 radical (unpaired) electrons. The van der Waals surface area contributed by atoms with Crippen molar-refractivity contribution in [2.75, 3.05) is 7.11 Å². The first kappa shape index (κ1) is 12.1. The second-order valence-electron chi connectivity index (χ2n) is 4.44. The maximum Gasteiger partial charge on any atom is 0.339 e. The Kier molecular flexibility index (Phi) is 3.22. The van der Waals surface area contributed by atoms with Crippen LogP contribution in [-0.2, 0) is 10.3 Å². The van der Waals surface area contributed by atoms with Crippen LogP contribution >= 0.6 is 0 Å². The third kappa shape index (κ3) is 2.21. The molecule has 0 aromatic carbocycles. The number of carbonyl (C=O) groups is 1. The van der Waals surface area contributed by atoms with Crippen LogP contribution in [0.4, 0.5) is 0 Å². The minimum atomic E-state index is -1.17. The predicted molar refractivity (Wildman–Crippen MR) is 58.8 cm³/mol. The van der Waals surface area contributed by atoms with Gasteiger partial charge >= 0.3 is 5.97 Å². The Hall–Kier alpha value is -1.33. The maximum absolute atomic E-state index is 11.0. The van der Waals surface area contributed by atoms with Crippen LogP contribution in [0.3, 0.4) is 0 Å². The number of rotatable bonds is 3. The molecule has 94 valence electrons. The van der Waals surface area contributed by atoms with E-state index in [1.807, 2.05) is 0 Å². The van der Waals surface area contributed by atoms with E-state index in [1.165, 1.54) is 12.3 Å². The van der Waals surface area contributed by atoms with E-state index in [-0.39, 0.29) is 17.4 Å². The van der Waals surface area contributed by atoms with Gasteiger partial charge in [-0.1, -0.05) is 0 Å². The zero-order valence-corrected chi connectivity index (χ0v) is 9.68. The topological polar surface area (TPSA) is 79.9 Å². The summed E-state index contributed by atoms with van der Waals surface area (Å²) in [7, 11) is 1.64. The van der Waals surface area contributed by atoms with E-state index in [9.17, 15) is 9.90 Å². The summed E-state index contributed by atoms with van der Waals surface area (Å²) in [6.45, 7) is 0. The average molecular weight is 240 g/mol. The molecule has 17 heavy (non-hydrogen) atoms. The number of hydrogen-bond donors (Lipinski definition) is 2. The first-order chi connectivity index (χ1) is 8.07. The van der Waals surface area contributed by atoms with E-state index in [1.54, 1.807) is 7.11 Å². The lowest BCUT2D eigenvalue weighted by Gasteiger charge is -2.34. The van der Waals surface area contributed by atoms with Crippen molar-refractivity contribution >= 4 is 5.97 Å². The highest BCUT2D eigenvalue weighted by atomic mass is 16.5. The van der Waals surface area contributed by atoms with Crippen molar-refractivity contribution in [2.45, 2.75) is 37.4 Å². The van der Waals surface area contributed by atoms with Gasteiger partial charge in [-0.05, 0) is 31.7 Å². The lowest BCUT2D eigenvalue weighted by Crippen LogP contribution is -2.34.